The van der Waals surface area contributed by atoms with E-state index < -0.39 is 11.3 Å². The van der Waals surface area contributed by atoms with Gasteiger partial charge in [0.15, 0.2) is 5.79 Å². The van der Waals surface area contributed by atoms with Gasteiger partial charge >= 0.3 is 0 Å². The largest absolute Gasteiger partial charge is 0.348 e. The van der Waals surface area contributed by atoms with Crippen LogP contribution >= 0.6 is 0 Å². The molecule has 2 fully saturated rings. The Labute approximate surface area is 112 Å². The van der Waals surface area contributed by atoms with Crippen molar-refractivity contribution in [1.82, 2.24) is 0 Å². The molecule has 3 rings (SSSR count). The van der Waals surface area contributed by atoms with Crippen LogP contribution in [0, 0.1) is 0 Å². The van der Waals surface area contributed by atoms with E-state index >= 15 is 0 Å². The van der Waals surface area contributed by atoms with Gasteiger partial charge in [-0.3, -0.25) is 0 Å². The molecular formula is C15H17NO3. The molecule has 1 saturated heterocycles. The van der Waals surface area contributed by atoms with Crippen molar-refractivity contribution >= 4 is 6.08 Å². The molecule has 0 amide bonds. The lowest BCUT2D eigenvalue weighted by Crippen LogP contribution is -2.41. The summed E-state index contributed by atoms with van der Waals surface area (Å²) in [5, 5.41) is 0. The lowest BCUT2D eigenvalue weighted by atomic mass is 9.75. The van der Waals surface area contributed by atoms with Gasteiger partial charge in [-0.25, -0.2) is 4.79 Å². The van der Waals surface area contributed by atoms with Gasteiger partial charge in [0.1, 0.15) is 0 Å². The van der Waals surface area contributed by atoms with Crippen LogP contribution < -0.4 is 0 Å². The Morgan fingerprint density at radius 1 is 1.00 bits per heavy atom. The number of rotatable bonds is 2. The van der Waals surface area contributed by atoms with E-state index in [4.69, 9.17) is 9.47 Å². The first kappa shape index (κ1) is 12.5. The summed E-state index contributed by atoms with van der Waals surface area (Å²) >= 11 is 0. The fraction of sp³-hybridized carbons (Fsp3) is 0.533. The quantitative estimate of drug-likeness (QED) is 0.605. The molecule has 4 nitrogen and oxygen atoms in total. The van der Waals surface area contributed by atoms with Crippen molar-refractivity contribution in [3.8, 4) is 0 Å². The van der Waals surface area contributed by atoms with Gasteiger partial charge in [0, 0.05) is 12.8 Å². The monoisotopic (exact) mass is 259 g/mol. The second kappa shape index (κ2) is 4.89. The van der Waals surface area contributed by atoms with E-state index in [2.05, 4.69) is 4.99 Å². The third-order valence-corrected chi connectivity index (χ3v) is 4.22. The molecular weight excluding hydrogens is 242 g/mol. The first-order chi connectivity index (χ1) is 9.29. The predicted molar refractivity (Wildman–Crippen MR) is 69.3 cm³/mol. The van der Waals surface area contributed by atoms with Gasteiger partial charge in [-0.1, -0.05) is 30.3 Å². The molecule has 0 radical (unpaired) electrons. The Morgan fingerprint density at radius 2 is 1.63 bits per heavy atom. The van der Waals surface area contributed by atoms with E-state index in [0.717, 1.165) is 31.2 Å². The Bertz CT molecular complexity index is 477. The van der Waals surface area contributed by atoms with Crippen LogP contribution in [0.1, 0.15) is 31.2 Å². The van der Waals surface area contributed by atoms with Crippen LogP contribution in [-0.2, 0) is 19.8 Å². The minimum atomic E-state index is -0.455. The lowest BCUT2D eigenvalue weighted by molar-refractivity contribution is -0.184. The van der Waals surface area contributed by atoms with Crippen molar-refractivity contribution in [2.24, 2.45) is 4.99 Å². The normalized spacial score (nSPS) is 24.0. The number of ether oxygens (including phenoxy) is 2. The molecule has 2 aliphatic rings. The van der Waals surface area contributed by atoms with Gasteiger partial charge in [-0.15, -0.1) is 0 Å². The van der Waals surface area contributed by atoms with Crippen molar-refractivity contribution in [3.05, 3.63) is 35.9 Å². The highest BCUT2D eigenvalue weighted by molar-refractivity contribution is 5.38. The van der Waals surface area contributed by atoms with Gasteiger partial charge in [0.05, 0.1) is 18.8 Å². The van der Waals surface area contributed by atoms with Gasteiger partial charge in [0.25, 0.3) is 0 Å². The van der Waals surface area contributed by atoms with E-state index in [9.17, 15) is 4.79 Å². The number of hydrogen-bond acceptors (Lipinski definition) is 4. The minimum Gasteiger partial charge on any atom is -0.348 e. The van der Waals surface area contributed by atoms with Gasteiger partial charge < -0.3 is 9.47 Å². The Morgan fingerprint density at radius 3 is 2.21 bits per heavy atom. The second-order valence-corrected chi connectivity index (χ2v) is 5.21. The Kier molecular flexibility index (Phi) is 3.23. The van der Waals surface area contributed by atoms with Crippen LogP contribution in [0.2, 0.25) is 0 Å². The van der Waals surface area contributed by atoms with Gasteiger partial charge in [-0.2, -0.15) is 4.99 Å². The van der Waals surface area contributed by atoms with Gasteiger partial charge in [0.2, 0.25) is 6.08 Å². The third-order valence-electron chi connectivity index (χ3n) is 4.22. The van der Waals surface area contributed by atoms with Crippen LogP contribution in [0.3, 0.4) is 0 Å². The predicted octanol–water partition coefficient (Wildman–Crippen LogP) is 2.53. The molecule has 4 heteroatoms. The maximum atomic E-state index is 10.8. The summed E-state index contributed by atoms with van der Waals surface area (Å²) in [4.78, 5) is 14.9. The Balaban J connectivity index is 1.86. The average Bonchev–Trinajstić information content (AvgIpc) is 2.92. The number of benzene rings is 1. The molecule has 1 aliphatic heterocycles. The molecule has 0 unspecified atom stereocenters. The van der Waals surface area contributed by atoms with Crippen molar-refractivity contribution in [1.29, 1.82) is 0 Å². The topological polar surface area (TPSA) is 47.9 Å². The standard InChI is InChI=1S/C15H17NO3/c17-12-16-14(13-4-2-1-3-5-13)6-8-15(9-7-14)18-10-11-19-15/h1-5H,6-11H2. The van der Waals surface area contributed by atoms with Crippen molar-refractivity contribution in [3.63, 3.8) is 0 Å². The van der Waals surface area contributed by atoms with Crippen LogP contribution in [0.5, 0.6) is 0 Å². The summed E-state index contributed by atoms with van der Waals surface area (Å²) in [5.74, 6) is -0.434. The molecule has 100 valence electrons. The summed E-state index contributed by atoms with van der Waals surface area (Å²) < 4.78 is 11.5. The molecule has 1 heterocycles. The summed E-state index contributed by atoms with van der Waals surface area (Å²) in [6, 6.07) is 9.97. The van der Waals surface area contributed by atoms with Crippen LogP contribution in [0.4, 0.5) is 0 Å². The fourth-order valence-electron chi connectivity index (χ4n) is 3.13. The molecule has 0 N–H and O–H groups in total. The van der Waals surface area contributed by atoms with Crippen LogP contribution in [0.15, 0.2) is 35.3 Å². The molecule has 1 aromatic rings. The lowest BCUT2D eigenvalue weighted by Gasteiger charge is -2.40. The van der Waals surface area contributed by atoms with E-state index in [1.807, 2.05) is 30.3 Å². The smallest absolute Gasteiger partial charge is 0.235 e. The van der Waals surface area contributed by atoms with Crippen molar-refractivity contribution < 1.29 is 14.3 Å². The molecule has 1 aromatic carbocycles. The highest BCUT2D eigenvalue weighted by Crippen LogP contribution is 2.46. The fourth-order valence-corrected chi connectivity index (χ4v) is 3.13. The maximum absolute atomic E-state index is 10.8. The SMILES string of the molecule is O=C=NC1(c2ccccc2)CCC2(CC1)OCCO2. The average molecular weight is 259 g/mol. The molecule has 0 atom stereocenters. The molecule has 0 bridgehead atoms. The highest BCUT2D eigenvalue weighted by atomic mass is 16.7. The number of aliphatic imine (C=N–C) groups is 1. The van der Waals surface area contributed by atoms with Crippen molar-refractivity contribution in [2.45, 2.75) is 37.0 Å². The third kappa shape index (κ3) is 2.23. The first-order valence-electron chi connectivity index (χ1n) is 6.71. The van der Waals surface area contributed by atoms with Crippen molar-refractivity contribution in [2.75, 3.05) is 13.2 Å². The van der Waals surface area contributed by atoms with Crippen LogP contribution in [-0.4, -0.2) is 25.1 Å². The summed E-state index contributed by atoms with van der Waals surface area (Å²) in [6.07, 6.45) is 4.80. The molecule has 1 saturated carbocycles. The minimum absolute atomic E-state index is 0.434. The molecule has 1 aliphatic carbocycles. The second-order valence-electron chi connectivity index (χ2n) is 5.21. The zero-order chi connectivity index (χ0) is 13.2. The number of isocyanates is 1. The zero-order valence-corrected chi connectivity index (χ0v) is 10.8. The van der Waals surface area contributed by atoms with E-state index in [1.54, 1.807) is 6.08 Å². The highest BCUT2D eigenvalue weighted by Gasteiger charge is 2.47. The first-order valence-corrected chi connectivity index (χ1v) is 6.71. The molecule has 19 heavy (non-hydrogen) atoms. The summed E-state index contributed by atoms with van der Waals surface area (Å²) in [7, 11) is 0. The van der Waals surface area contributed by atoms with E-state index in [1.165, 1.54) is 0 Å². The summed E-state index contributed by atoms with van der Waals surface area (Å²) in [5.41, 5.74) is 0.620. The number of nitrogens with zero attached hydrogens (tertiary/aromatic N) is 1. The number of hydrogen-bond donors (Lipinski definition) is 0. The molecule has 1 spiro atoms. The number of carbonyl (C=O) groups excluding carboxylic acids is 1. The zero-order valence-electron chi connectivity index (χ0n) is 10.8. The van der Waals surface area contributed by atoms with Crippen LogP contribution in [0.25, 0.3) is 0 Å². The molecule has 0 aromatic heterocycles. The summed E-state index contributed by atoms with van der Waals surface area (Å²) in [6.45, 7) is 1.32. The van der Waals surface area contributed by atoms with E-state index in [0.29, 0.717) is 13.2 Å². The Hall–Kier alpha value is -1.48. The van der Waals surface area contributed by atoms with Gasteiger partial charge in [-0.05, 0) is 18.4 Å². The maximum Gasteiger partial charge on any atom is 0.235 e. The van der Waals surface area contributed by atoms with E-state index in [-0.39, 0.29) is 0 Å².